The number of hydrogen-bond donors (Lipinski definition) is 2. The second kappa shape index (κ2) is 5.68. The zero-order valence-electron chi connectivity index (χ0n) is 10.8. The lowest BCUT2D eigenvalue weighted by atomic mass is 10.1. The Morgan fingerprint density at radius 1 is 1.38 bits per heavy atom. The summed E-state index contributed by atoms with van der Waals surface area (Å²) in [5.74, 6) is -0.623. The van der Waals surface area contributed by atoms with E-state index in [2.05, 4.69) is 15.5 Å². The average molecular weight is 316 g/mol. The van der Waals surface area contributed by atoms with E-state index in [0.717, 1.165) is 23.5 Å². The molecule has 1 aromatic heterocycles. The van der Waals surface area contributed by atoms with Crippen molar-refractivity contribution in [1.82, 2.24) is 15.5 Å². The van der Waals surface area contributed by atoms with E-state index in [0.29, 0.717) is 5.01 Å². The first-order valence-electron chi connectivity index (χ1n) is 5.84. The van der Waals surface area contributed by atoms with Crippen molar-refractivity contribution >= 4 is 22.4 Å². The summed E-state index contributed by atoms with van der Waals surface area (Å²) in [4.78, 5) is 12.0. The molecule has 0 unspecified atom stereocenters. The van der Waals surface area contributed by atoms with Crippen LogP contribution < -0.4 is 11.1 Å². The van der Waals surface area contributed by atoms with Crippen LogP contribution in [0.5, 0.6) is 0 Å². The lowest BCUT2D eigenvalue weighted by Gasteiger charge is -2.12. The van der Waals surface area contributed by atoms with Gasteiger partial charge in [-0.1, -0.05) is 17.4 Å². The maximum atomic E-state index is 12.6. The monoisotopic (exact) mass is 316 g/mol. The van der Waals surface area contributed by atoms with Gasteiger partial charge in [0.2, 0.25) is 5.13 Å². The fraction of sp³-hybridized carbons (Fsp3) is 0.250. The average Bonchev–Trinajstić information content (AvgIpc) is 2.84. The van der Waals surface area contributed by atoms with E-state index in [-0.39, 0.29) is 10.7 Å². The highest BCUT2D eigenvalue weighted by Gasteiger charge is 2.31. The van der Waals surface area contributed by atoms with Gasteiger partial charge in [-0.15, -0.1) is 10.2 Å². The lowest BCUT2D eigenvalue weighted by Crippen LogP contribution is -2.26. The van der Waals surface area contributed by atoms with E-state index in [1.807, 2.05) is 0 Å². The number of carbonyl (C=O) groups excluding carboxylic acids is 1. The van der Waals surface area contributed by atoms with Crippen molar-refractivity contribution in [2.24, 2.45) is 0 Å². The molecule has 1 heterocycles. The first-order chi connectivity index (χ1) is 9.77. The van der Waals surface area contributed by atoms with Gasteiger partial charge < -0.3 is 11.1 Å². The van der Waals surface area contributed by atoms with Crippen molar-refractivity contribution in [2.45, 2.75) is 19.1 Å². The summed E-state index contributed by atoms with van der Waals surface area (Å²) >= 11 is 1.10. The Morgan fingerprint density at radius 3 is 2.67 bits per heavy atom. The van der Waals surface area contributed by atoms with Crippen molar-refractivity contribution in [1.29, 1.82) is 0 Å². The molecule has 1 amide bonds. The zero-order valence-corrected chi connectivity index (χ0v) is 11.6. The van der Waals surface area contributed by atoms with Crippen molar-refractivity contribution in [3.8, 4) is 0 Å². The van der Waals surface area contributed by atoms with Gasteiger partial charge in [-0.25, -0.2) is 0 Å². The maximum absolute atomic E-state index is 12.6. The molecule has 3 N–H and O–H groups in total. The van der Waals surface area contributed by atoms with E-state index in [4.69, 9.17) is 5.73 Å². The van der Waals surface area contributed by atoms with Gasteiger partial charge in [-0.3, -0.25) is 4.79 Å². The van der Waals surface area contributed by atoms with Crippen LogP contribution in [0.1, 0.15) is 33.9 Å². The third kappa shape index (κ3) is 3.69. The number of nitrogen functional groups attached to an aromatic ring is 1. The number of carbonyl (C=O) groups is 1. The van der Waals surface area contributed by atoms with Gasteiger partial charge in [0.15, 0.2) is 0 Å². The number of nitrogens with zero attached hydrogens (tertiary/aromatic N) is 2. The van der Waals surface area contributed by atoms with Gasteiger partial charge in [0.1, 0.15) is 5.01 Å². The highest BCUT2D eigenvalue weighted by atomic mass is 32.1. The number of rotatable bonds is 3. The van der Waals surface area contributed by atoms with Crippen LogP contribution in [0.3, 0.4) is 0 Å². The summed E-state index contributed by atoms with van der Waals surface area (Å²) in [6.45, 7) is 1.64. The number of anilines is 1. The van der Waals surface area contributed by atoms with Crippen LogP contribution >= 0.6 is 11.3 Å². The number of benzene rings is 1. The number of aromatic nitrogens is 2. The van der Waals surface area contributed by atoms with Gasteiger partial charge in [0.05, 0.1) is 11.6 Å². The predicted octanol–water partition coefficient (Wildman–Crippen LogP) is 2.63. The number of halogens is 3. The van der Waals surface area contributed by atoms with Crippen LogP contribution in [0.2, 0.25) is 0 Å². The Kier molecular flexibility index (Phi) is 4.12. The zero-order chi connectivity index (χ0) is 15.6. The Bertz CT molecular complexity index is 656. The second-order valence-electron chi connectivity index (χ2n) is 4.25. The van der Waals surface area contributed by atoms with Crippen molar-refractivity contribution in [3.63, 3.8) is 0 Å². The molecule has 0 spiro atoms. The van der Waals surface area contributed by atoms with Gasteiger partial charge >= 0.3 is 6.18 Å². The van der Waals surface area contributed by atoms with Gasteiger partial charge in [0.25, 0.3) is 5.91 Å². The van der Waals surface area contributed by atoms with Crippen molar-refractivity contribution < 1.29 is 18.0 Å². The van der Waals surface area contributed by atoms with Crippen LogP contribution in [-0.4, -0.2) is 16.1 Å². The Labute approximate surface area is 122 Å². The number of hydrogen-bond acceptors (Lipinski definition) is 5. The molecule has 9 heteroatoms. The lowest BCUT2D eigenvalue weighted by molar-refractivity contribution is -0.137. The molecule has 0 bridgehead atoms. The summed E-state index contributed by atoms with van der Waals surface area (Å²) < 4.78 is 37.8. The van der Waals surface area contributed by atoms with Gasteiger partial charge in [-0.05, 0) is 25.1 Å². The van der Waals surface area contributed by atoms with E-state index >= 15 is 0 Å². The molecule has 0 aliphatic rings. The molecular formula is C12H11F3N4OS. The van der Waals surface area contributed by atoms with Gasteiger partial charge in [-0.2, -0.15) is 13.2 Å². The number of nitrogens with two attached hydrogens (primary N) is 1. The number of alkyl halides is 3. The van der Waals surface area contributed by atoms with E-state index in [1.165, 1.54) is 12.1 Å². The molecule has 1 aromatic carbocycles. The molecule has 2 aromatic rings. The third-order valence-electron chi connectivity index (χ3n) is 2.63. The number of amides is 1. The molecule has 0 aliphatic heterocycles. The van der Waals surface area contributed by atoms with Crippen molar-refractivity contribution in [2.75, 3.05) is 5.73 Å². The molecule has 112 valence electrons. The molecule has 0 fully saturated rings. The first kappa shape index (κ1) is 15.2. The summed E-state index contributed by atoms with van der Waals surface area (Å²) in [6.07, 6.45) is -4.49. The molecule has 2 rings (SSSR count). The summed E-state index contributed by atoms with van der Waals surface area (Å²) in [6, 6.07) is 3.71. The fourth-order valence-corrected chi connectivity index (χ4v) is 2.21. The minimum Gasteiger partial charge on any atom is -0.374 e. The van der Waals surface area contributed by atoms with E-state index in [9.17, 15) is 18.0 Å². The van der Waals surface area contributed by atoms with Crippen molar-refractivity contribution in [3.05, 3.63) is 40.4 Å². The standard InChI is InChI=1S/C12H11F3N4OS/c1-6(10-18-19-11(16)21-10)17-9(20)7-3-2-4-8(5-7)12(13,14)15/h2-6H,1H3,(H2,16,19)(H,17,20)/t6-/m0/s1. The minimum absolute atomic E-state index is 0.0748. The van der Waals surface area contributed by atoms with Crippen LogP contribution in [0, 0.1) is 0 Å². The highest BCUT2D eigenvalue weighted by Crippen LogP contribution is 2.29. The Hall–Kier alpha value is -2.16. The van der Waals surface area contributed by atoms with Crippen LogP contribution in [0.15, 0.2) is 24.3 Å². The molecule has 1 atom stereocenters. The Balaban J connectivity index is 2.13. The van der Waals surface area contributed by atoms with Crippen LogP contribution in [0.25, 0.3) is 0 Å². The van der Waals surface area contributed by atoms with Crippen LogP contribution in [-0.2, 0) is 6.18 Å². The Morgan fingerprint density at radius 2 is 2.10 bits per heavy atom. The number of nitrogens with one attached hydrogen (secondary N) is 1. The molecule has 21 heavy (non-hydrogen) atoms. The van der Waals surface area contributed by atoms with Gasteiger partial charge in [0, 0.05) is 5.56 Å². The predicted molar refractivity (Wildman–Crippen MR) is 71.6 cm³/mol. The molecule has 0 radical (unpaired) electrons. The smallest absolute Gasteiger partial charge is 0.374 e. The van der Waals surface area contributed by atoms with Crippen LogP contribution in [0.4, 0.5) is 18.3 Å². The van der Waals surface area contributed by atoms with E-state index < -0.39 is 23.7 Å². The molecular weight excluding hydrogens is 305 g/mol. The molecule has 0 aliphatic carbocycles. The largest absolute Gasteiger partial charge is 0.416 e. The molecule has 0 saturated carbocycles. The third-order valence-corrected chi connectivity index (χ3v) is 3.56. The first-order valence-corrected chi connectivity index (χ1v) is 6.66. The molecule has 5 nitrogen and oxygen atoms in total. The minimum atomic E-state index is -4.49. The maximum Gasteiger partial charge on any atom is 0.416 e. The summed E-state index contributed by atoms with van der Waals surface area (Å²) in [5, 5.41) is 10.7. The fourth-order valence-electron chi connectivity index (χ4n) is 1.60. The topological polar surface area (TPSA) is 80.9 Å². The SMILES string of the molecule is C[C@H](NC(=O)c1cccc(C(F)(F)F)c1)c1nnc(N)s1. The molecule has 0 saturated heterocycles. The highest BCUT2D eigenvalue weighted by molar-refractivity contribution is 7.15. The quantitative estimate of drug-likeness (QED) is 0.912. The van der Waals surface area contributed by atoms with E-state index in [1.54, 1.807) is 6.92 Å². The summed E-state index contributed by atoms with van der Waals surface area (Å²) in [7, 11) is 0. The normalized spacial score (nSPS) is 13.0. The second-order valence-corrected chi connectivity index (χ2v) is 5.29. The summed E-state index contributed by atoms with van der Waals surface area (Å²) in [5.41, 5.74) is 4.49.